The first-order valence-corrected chi connectivity index (χ1v) is 4.25. The van der Waals surface area contributed by atoms with Gasteiger partial charge in [0.25, 0.3) is 0 Å². The number of hydrogen-bond acceptors (Lipinski definition) is 3. The first kappa shape index (κ1) is 9.48. The highest BCUT2D eigenvalue weighted by Crippen LogP contribution is 2.25. The minimum atomic E-state index is -0.328. The molecule has 4 nitrogen and oxygen atoms in total. The van der Waals surface area contributed by atoms with Crippen LogP contribution in [-0.4, -0.2) is 29.7 Å². The van der Waals surface area contributed by atoms with Gasteiger partial charge in [-0.25, -0.2) is 5.06 Å². The SMILES string of the molecule is CC1(C)CC(=O)N(CCCN)O1. The highest BCUT2D eigenvalue weighted by Gasteiger charge is 2.36. The molecular formula is C8H16N2O2. The summed E-state index contributed by atoms with van der Waals surface area (Å²) >= 11 is 0. The Bertz CT molecular complexity index is 180. The predicted molar refractivity (Wildman–Crippen MR) is 45.2 cm³/mol. The molecule has 0 saturated carbocycles. The number of nitrogens with two attached hydrogens (primary N) is 1. The van der Waals surface area contributed by atoms with E-state index in [4.69, 9.17) is 10.6 Å². The molecule has 1 rings (SSSR count). The van der Waals surface area contributed by atoms with Gasteiger partial charge in [0.2, 0.25) is 5.91 Å². The fraction of sp³-hybridized carbons (Fsp3) is 0.875. The van der Waals surface area contributed by atoms with Crippen LogP contribution in [0, 0.1) is 0 Å². The molecule has 0 aromatic carbocycles. The van der Waals surface area contributed by atoms with Crippen molar-refractivity contribution < 1.29 is 9.63 Å². The largest absolute Gasteiger partial charge is 0.330 e. The Morgan fingerprint density at radius 2 is 2.33 bits per heavy atom. The minimum Gasteiger partial charge on any atom is -0.330 e. The van der Waals surface area contributed by atoms with E-state index in [1.165, 1.54) is 5.06 Å². The molecule has 1 saturated heterocycles. The third-order valence-electron chi connectivity index (χ3n) is 1.78. The molecule has 0 atom stereocenters. The zero-order chi connectivity index (χ0) is 9.19. The van der Waals surface area contributed by atoms with Crippen LogP contribution in [0.1, 0.15) is 26.7 Å². The van der Waals surface area contributed by atoms with E-state index >= 15 is 0 Å². The summed E-state index contributed by atoms with van der Waals surface area (Å²) in [5.41, 5.74) is 5.00. The molecule has 4 heteroatoms. The third kappa shape index (κ3) is 2.19. The topological polar surface area (TPSA) is 55.6 Å². The Morgan fingerprint density at radius 1 is 1.67 bits per heavy atom. The van der Waals surface area contributed by atoms with Crippen LogP contribution in [0.25, 0.3) is 0 Å². The van der Waals surface area contributed by atoms with Crippen molar-refractivity contribution in [2.24, 2.45) is 5.73 Å². The van der Waals surface area contributed by atoms with Gasteiger partial charge in [0.15, 0.2) is 0 Å². The van der Waals surface area contributed by atoms with Crippen molar-refractivity contribution in [3.63, 3.8) is 0 Å². The number of carbonyl (C=O) groups is 1. The van der Waals surface area contributed by atoms with E-state index in [9.17, 15) is 4.79 Å². The molecule has 0 spiro atoms. The molecule has 0 aromatic rings. The lowest BCUT2D eigenvalue weighted by Gasteiger charge is -2.19. The number of nitrogens with zero attached hydrogens (tertiary/aromatic N) is 1. The Kier molecular flexibility index (Phi) is 2.69. The maximum atomic E-state index is 11.3. The molecular weight excluding hydrogens is 156 g/mol. The zero-order valence-corrected chi connectivity index (χ0v) is 7.67. The Balaban J connectivity index is 2.42. The van der Waals surface area contributed by atoms with Gasteiger partial charge in [0, 0.05) is 6.54 Å². The van der Waals surface area contributed by atoms with Crippen LogP contribution >= 0.6 is 0 Å². The zero-order valence-electron chi connectivity index (χ0n) is 7.67. The van der Waals surface area contributed by atoms with Crippen molar-refractivity contribution in [1.29, 1.82) is 0 Å². The Hall–Kier alpha value is -0.610. The molecule has 1 fully saturated rings. The van der Waals surface area contributed by atoms with Crippen molar-refractivity contribution in [2.75, 3.05) is 13.1 Å². The van der Waals surface area contributed by atoms with Gasteiger partial charge in [-0.2, -0.15) is 0 Å². The maximum absolute atomic E-state index is 11.3. The van der Waals surface area contributed by atoms with Gasteiger partial charge in [0.1, 0.15) is 0 Å². The second kappa shape index (κ2) is 3.41. The smallest absolute Gasteiger partial charge is 0.249 e. The summed E-state index contributed by atoms with van der Waals surface area (Å²) in [4.78, 5) is 16.6. The first-order valence-electron chi connectivity index (χ1n) is 4.25. The summed E-state index contributed by atoms with van der Waals surface area (Å²) in [5, 5.41) is 1.42. The summed E-state index contributed by atoms with van der Waals surface area (Å²) in [6.07, 6.45) is 1.26. The van der Waals surface area contributed by atoms with Crippen LogP contribution < -0.4 is 5.73 Å². The molecule has 70 valence electrons. The summed E-state index contributed by atoms with van der Waals surface area (Å²) in [6.45, 7) is 5.02. The van der Waals surface area contributed by atoms with E-state index in [-0.39, 0.29) is 11.5 Å². The monoisotopic (exact) mass is 172 g/mol. The van der Waals surface area contributed by atoms with E-state index in [0.29, 0.717) is 19.5 Å². The van der Waals surface area contributed by atoms with Gasteiger partial charge < -0.3 is 5.73 Å². The van der Waals surface area contributed by atoms with E-state index in [2.05, 4.69) is 0 Å². The molecule has 12 heavy (non-hydrogen) atoms. The Morgan fingerprint density at radius 3 is 2.75 bits per heavy atom. The average Bonchev–Trinajstić information content (AvgIpc) is 2.20. The van der Waals surface area contributed by atoms with E-state index in [0.717, 1.165) is 6.42 Å². The quantitative estimate of drug-likeness (QED) is 0.665. The molecule has 0 aromatic heterocycles. The summed E-state index contributed by atoms with van der Waals surface area (Å²) in [5.74, 6) is 0.0634. The highest BCUT2D eigenvalue weighted by atomic mass is 16.7. The minimum absolute atomic E-state index is 0.0634. The van der Waals surface area contributed by atoms with Gasteiger partial charge in [0.05, 0.1) is 12.0 Å². The lowest BCUT2D eigenvalue weighted by molar-refractivity contribution is -0.190. The van der Waals surface area contributed by atoms with Crippen molar-refractivity contribution >= 4 is 5.91 Å². The van der Waals surface area contributed by atoms with E-state index < -0.39 is 0 Å². The summed E-state index contributed by atoms with van der Waals surface area (Å²) < 4.78 is 0. The van der Waals surface area contributed by atoms with E-state index in [1.54, 1.807) is 0 Å². The van der Waals surface area contributed by atoms with Gasteiger partial charge in [-0.1, -0.05) is 0 Å². The highest BCUT2D eigenvalue weighted by molar-refractivity contribution is 5.77. The number of hydrogen-bond donors (Lipinski definition) is 1. The lowest BCUT2D eigenvalue weighted by atomic mass is 10.1. The van der Waals surface area contributed by atoms with Crippen molar-refractivity contribution in [1.82, 2.24) is 5.06 Å². The van der Waals surface area contributed by atoms with Crippen LogP contribution in [0.3, 0.4) is 0 Å². The molecule has 1 aliphatic rings. The third-order valence-corrected chi connectivity index (χ3v) is 1.78. The molecule has 0 aliphatic carbocycles. The van der Waals surface area contributed by atoms with Crippen molar-refractivity contribution in [3.05, 3.63) is 0 Å². The molecule has 0 unspecified atom stereocenters. The molecule has 0 radical (unpaired) electrons. The second-order valence-electron chi connectivity index (χ2n) is 3.67. The number of rotatable bonds is 3. The van der Waals surface area contributed by atoms with Gasteiger partial charge in [-0.15, -0.1) is 0 Å². The number of hydroxylamine groups is 2. The standard InChI is InChI=1S/C8H16N2O2/c1-8(2)6-7(11)10(12-8)5-3-4-9/h3-6,9H2,1-2H3. The van der Waals surface area contributed by atoms with Gasteiger partial charge >= 0.3 is 0 Å². The molecule has 2 N–H and O–H groups in total. The van der Waals surface area contributed by atoms with Crippen LogP contribution in [0.4, 0.5) is 0 Å². The summed E-state index contributed by atoms with van der Waals surface area (Å²) in [6, 6.07) is 0. The maximum Gasteiger partial charge on any atom is 0.249 e. The molecule has 1 amide bonds. The fourth-order valence-electron chi connectivity index (χ4n) is 1.24. The van der Waals surface area contributed by atoms with Crippen molar-refractivity contribution in [3.8, 4) is 0 Å². The van der Waals surface area contributed by atoms with Gasteiger partial charge in [-0.05, 0) is 26.8 Å². The summed E-state index contributed by atoms with van der Waals surface area (Å²) in [7, 11) is 0. The molecule has 0 bridgehead atoms. The lowest BCUT2D eigenvalue weighted by Crippen LogP contribution is -2.28. The average molecular weight is 172 g/mol. The predicted octanol–water partition coefficient (Wildman–Crippen LogP) is 0.278. The van der Waals surface area contributed by atoms with E-state index in [1.807, 2.05) is 13.8 Å². The van der Waals surface area contributed by atoms with Crippen LogP contribution in [0.2, 0.25) is 0 Å². The number of amides is 1. The number of carbonyl (C=O) groups excluding carboxylic acids is 1. The van der Waals surface area contributed by atoms with Crippen LogP contribution in [0.15, 0.2) is 0 Å². The van der Waals surface area contributed by atoms with Crippen LogP contribution in [-0.2, 0) is 9.63 Å². The molecule has 1 heterocycles. The Labute approximate surface area is 72.6 Å². The normalized spacial score (nSPS) is 21.9. The van der Waals surface area contributed by atoms with Crippen LogP contribution in [0.5, 0.6) is 0 Å². The fourth-order valence-corrected chi connectivity index (χ4v) is 1.24. The second-order valence-corrected chi connectivity index (χ2v) is 3.67. The van der Waals surface area contributed by atoms with Gasteiger partial charge in [-0.3, -0.25) is 9.63 Å². The molecule has 1 aliphatic heterocycles. The van der Waals surface area contributed by atoms with Crippen molar-refractivity contribution in [2.45, 2.75) is 32.3 Å². The first-order chi connectivity index (χ1) is 5.55.